The number of hydrogen-bond donors (Lipinski definition) is 0. The third kappa shape index (κ3) is 2.13. The maximum absolute atomic E-state index is 4.56. The van der Waals surface area contributed by atoms with E-state index in [4.69, 9.17) is 0 Å². The molecule has 0 fully saturated rings. The van der Waals surface area contributed by atoms with E-state index in [-0.39, 0.29) is 0 Å². The molecule has 74 valence electrons. The van der Waals surface area contributed by atoms with E-state index in [9.17, 15) is 0 Å². The molecule has 2 nitrogen and oxygen atoms in total. The number of nitrogens with zero attached hydrogens (tertiary/aromatic N) is 2. The molecule has 0 bridgehead atoms. The lowest BCUT2D eigenvalue weighted by Gasteiger charge is -2.19. The van der Waals surface area contributed by atoms with Crippen molar-refractivity contribution in [1.29, 1.82) is 0 Å². The van der Waals surface area contributed by atoms with Gasteiger partial charge in [-0.1, -0.05) is 47.7 Å². The third-order valence-corrected chi connectivity index (χ3v) is 3.25. The Morgan fingerprint density at radius 3 is 3.00 bits per heavy atom. The normalized spacial score (nSPS) is 31.3. The standard InChI is InChI=1S/C11H13IN2/c1-8-4-2-3-5-9(8)11-13-7-6-10(12)14-11/h2-3,5,7-8,10H,4,6H2,1H3. The van der Waals surface area contributed by atoms with Crippen LogP contribution in [0.2, 0.25) is 0 Å². The van der Waals surface area contributed by atoms with Crippen molar-refractivity contribution in [2.75, 3.05) is 0 Å². The summed E-state index contributed by atoms with van der Waals surface area (Å²) in [4.78, 5) is 8.93. The minimum Gasteiger partial charge on any atom is -0.252 e. The Morgan fingerprint density at radius 2 is 2.29 bits per heavy atom. The van der Waals surface area contributed by atoms with Gasteiger partial charge in [0.25, 0.3) is 0 Å². The van der Waals surface area contributed by atoms with Crippen LogP contribution in [-0.4, -0.2) is 16.1 Å². The molecule has 0 amide bonds. The SMILES string of the molecule is CC1CC=CC=C1C1=NC(I)CC=N1. The highest BCUT2D eigenvalue weighted by molar-refractivity contribution is 14.1. The fraction of sp³-hybridized carbons (Fsp3) is 0.455. The van der Waals surface area contributed by atoms with E-state index in [1.165, 1.54) is 5.57 Å². The average Bonchev–Trinajstić information content (AvgIpc) is 2.18. The topological polar surface area (TPSA) is 24.7 Å². The fourth-order valence-corrected chi connectivity index (χ4v) is 2.13. The third-order valence-electron chi connectivity index (χ3n) is 2.47. The van der Waals surface area contributed by atoms with E-state index in [1.807, 2.05) is 6.21 Å². The first-order chi connectivity index (χ1) is 6.77. The summed E-state index contributed by atoms with van der Waals surface area (Å²) < 4.78 is 0.360. The zero-order valence-corrected chi connectivity index (χ0v) is 10.3. The zero-order valence-electron chi connectivity index (χ0n) is 8.15. The largest absolute Gasteiger partial charge is 0.252 e. The summed E-state index contributed by atoms with van der Waals surface area (Å²) >= 11 is 2.35. The molecule has 1 aliphatic carbocycles. The van der Waals surface area contributed by atoms with E-state index in [2.05, 4.69) is 57.7 Å². The minimum atomic E-state index is 0.360. The lowest BCUT2D eigenvalue weighted by molar-refractivity contribution is 0.710. The average molecular weight is 300 g/mol. The Balaban J connectivity index is 2.25. The molecule has 3 heteroatoms. The molecule has 0 radical (unpaired) electrons. The second-order valence-corrected chi connectivity index (χ2v) is 5.06. The van der Waals surface area contributed by atoms with Crippen LogP contribution in [0.25, 0.3) is 0 Å². The highest BCUT2D eigenvalue weighted by Crippen LogP contribution is 2.24. The van der Waals surface area contributed by atoms with Gasteiger partial charge in [-0.15, -0.1) is 0 Å². The second-order valence-electron chi connectivity index (χ2n) is 3.62. The van der Waals surface area contributed by atoms with Crippen molar-refractivity contribution in [3.8, 4) is 0 Å². The van der Waals surface area contributed by atoms with Crippen LogP contribution in [0, 0.1) is 5.92 Å². The van der Waals surface area contributed by atoms with Gasteiger partial charge < -0.3 is 0 Å². The quantitative estimate of drug-likeness (QED) is 0.404. The molecule has 0 aromatic rings. The highest BCUT2D eigenvalue weighted by atomic mass is 127. The van der Waals surface area contributed by atoms with Crippen LogP contribution in [0.5, 0.6) is 0 Å². The molecule has 1 aliphatic heterocycles. The number of amidine groups is 1. The summed E-state index contributed by atoms with van der Waals surface area (Å²) in [6, 6.07) is 0. The van der Waals surface area contributed by atoms with Crippen LogP contribution in [0.4, 0.5) is 0 Å². The van der Waals surface area contributed by atoms with Crippen LogP contribution >= 0.6 is 22.6 Å². The van der Waals surface area contributed by atoms with Crippen LogP contribution in [0.3, 0.4) is 0 Å². The van der Waals surface area contributed by atoms with Gasteiger partial charge in [0.1, 0.15) is 4.05 Å². The molecule has 0 aromatic heterocycles. The summed E-state index contributed by atoms with van der Waals surface area (Å²) in [5.41, 5.74) is 1.28. The summed E-state index contributed by atoms with van der Waals surface area (Å²) in [6.07, 6.45) is 10.5. The van der Waals surface area contributed by atoms with E-state index in [0.29, 0.717) is 9.97 Å². The zero-order chi connectivity index (χ0) is 9.97. The summed E-state index contributed by atoms with van der Waals surface area (Å²) in [5.74, 6) is 1.49. The first-order valence-electron chi connectivity index (χ1n) is 4.89. The molecule has 0 saturated heterocycles. The molecule has 2 unspecified atom stereocenters. The lowest BCUT2D eigenvalue weighted by atomic mass is 9.92. The summed E-state index contributed by atoms with van der Waals surface area (Å²) in [6.45, 7) is 2.23. The van der Waals surface area contributed by atoms with Crippen molar-refractivity contribution in [2.24, 2.45) is 15.9 Å². The molecule has 0 spiro atoms. The molecule has 1 heterocycles. The molecular formula is C11H13IN2. The Labute approximate surface area is 98.1 Å². The predicted molar refractivity (Wildman–Crippen MR) is 69.4 cm³/mol. The van der Waals surface area contributed by atoms with Gasteiger partial charge in [-0.25, -0.2) is 4.99 Å². The van der Waals surface area contributed by atoms with E-state index >= 15 is 0 Å². The van der Waals surface area contributed by atoms with Crippen LogP contribution in [0.1, 0.15) is 19.8 Å². The number of allylic oxidation sites excluding steroid dienone is 3. The van der Waals surface area contributed by atoms with Crippen LogP contribution in [0.15, 0.2) is 33.8 Å². The Bertz CT molecular complexity index is 339. The first-order valence-corrected chi connectivity index (χ1v) is 6.13. The van der Waals surface area contributed by atoms with E-state index < -0.39 is 0 Å². The van der Waals surface area contributed by atoms with Gasteiger partial charge in [0.2, 0.25) is 0 Å². The van der Waals surface area contributed by atoms with Crippen molar-refractivity contribution >= 4 is 34.6 Å². The van der Waals surface area contributed by atoms with Crippen molar-refractivity contribution < 1.29 is 0 Å². The van der Waals surface area contributed by atoms with Crippen molar-refractivity contribution in [3.63, 3.8) is 0 Å². The number of aliphatic imine (C=N–C) groups is 2. The Morgan fingerprint density at radius 1 is 1.43 bits per heavy atom. The summed E-state index contributed by atoms with van der Waals surface area (Å²) in [7, 11) is 0. The minimum absolute atomic E-state index is 0.360. The molecule has 0 N–H and O–H groups in total. The number of hydrogen-bond acceptors (Lipinski definition) is 2. The van der Waals surface area contributed by atoms with Crippen molar-refractivity contribution in [2.45, 2.75) is 23.8 Å². The lowest BCUT2D eigenvalue weighted by Crippen LogP contribution is -2.15. The number of alkyl halides is 1. The fourth-order valence-electron chi connectivity index (χ4n) is 1.63. The van der Waals surface area contributed by atoms with Gasteiger partial charge in [0.15, 0.2) is 5.84 Å². The van der Waals surface area contributed by atoms with Crippen LogP contribution < -0.4 is 0 Å². The summed E-state index contributed by atoms with van der Waals surface area (Å²) in [5, 5.41) is 0. The molecule has 2 aliphatic rings. The maximum atomic E-state index is 4.56. The number of halogens is 1. The molecule has 2 atom stereocenters. The molecule has 14 heavy (non-hydrogen) atoms. The highest BCUT2D eigenvalue weighted by Gasteiger charge is 2.17. The molecule has 2 rings (SSSR count). The van der Waals surface area contributed by atoms with Gasteiger partial charge >= 0.3 is 0 Å². The van der Waals surface area contributed by atoms with Crippen LogP contribution in [-0.2, 0) is 0 Å². The smallest absolute Gasteiger partial charge is 0.151 e. The maximum Gasteiger partial charge on any atom is 0.151 e. The Hall–Kier alpha value is -0.450. The van der Waals surface area contributed by atoms with Crippen molar-refractivity contribution in [3.05, 3.63) is 23.8 Å². The number of rotatable bonds is 1. The second kappa shape index (κ2) is 4.38. The van der Waals surface area contributed by atoms with Gasteiger partial charge in [0.05, 0.1) is 0 Å². The predicted octanol–water partition coefficient (Wildman–Crippen LogP) is 3.14. The van der Waals surface area contributed by atoms with Gasteiger partial charge in [-0.3, -0.25) is 4.99 Å². The first kappa shape index (κ1) is 10.1. The molecule has 0 aromatic carbocycles. The van der Waals surface area contributed by atoms with E-state index in [1.54, 1.807) is 0 Å². The molecule has 0 saturated carbocycles. The van der Waals surface area contributed by atoms with Gasteiger partial charge in [-0.05, 0) is 17.9 Å². The molecular weight excluding hydrogens is 287 g/mol. The monoisotopic (exact) mass is 300 g/mol. The Kier molecular flexibility index (Phi) is 3.15. The van der Waals surface area contributed by atoms with Crippen molar-refractivity contribution in [1.82, 2.24) is 0 Å². The van der Waals surface area contributed by atoms with Gasteiger partial charge in [0, 0.05) is 12.6 Å². The van der Waals surface area contributed by atoms with E-state index in [0.717, 1.165) is 18.7 Å². The van der Waals surface area contributed by atoms with Gasteiger partial charge in [-0.2, -0.15) is 0 Å².